The van der Waals surface area contributed by atoms with E-state index in [0.29, 0.717) is 25.0 Å². The molecule has 5 rings (SSSR count). The molecule has 3 aromatic carbocycles. The first-order chi connectivity index (χ1) is 17.7. The van der Waals surface area contributed by atoms with Crippen molar-refractivity contribution in [2.45, 2.75) is 25.3 Å². The van der Waals surface area contributed by atoms with Crippen LogP contribution in [-0.2, 0) is 0 Å². The van der Waals surface area contributed by atoms with Crippen LogP contribution in [0, 0.1) is 11.8 Å². The molecule has 1 aliphatic carbocycles. The number of phenolic OH excluding ortho intramolecular Hbond substituents is 1. The van der Waals surface area contributed by atoms with Crippen molar-refractivity contribution in [2.75, 3.05) is 32.9 Å². The molecule has 0 spiro atoms. The second kappa shape index (κ2) is 11.3. The van der Waals surface area contributed by atoms with E-state index in [0.717, 1.165) is 59.0 Å². The number of allylic oxidation sites excluding steroid dienone is 1. The Morgan fingerprint density at radius 3 is 2.22 bits per heavy atom. The van der Waals surface area contributed by atoms with Crippen molar-refractivity contribution in [3.05, 3.63) is 95.6 Å². The molecule has 36 heavy (non-hydrogen) atoms. The number of benzene rings is 3. The zero-order valence-electron chi connectivity index (χ0n) is 20.6. The summed E-state index contributed by atoms with van der Waals surface area (Å²) in [5, 5.41) is 29.2. The average Bonchev–Trinajstić information content (AvgIpc) is 3.59. The number of nitrogens with zero attached hydrogens (tertiary/aromatic N) is 1. The summed E-state index contributed by atoms with van der Waals surface area (Å²) in [4.78, 5) is 2.37. The predicted molar refractivity (Wildman–Crippen MR) is 143 cm³/mol. The Labute approximate surface area is 213 Å². The quantitative estimate of drug-likeness (QED) is 0.340. The molecule has 0 radical (unpaired) electrons. The van der Waals surface area contributed by atoms with E-state index in [1.54, 1.807) is 12.1 Å². The summed E-state index contributed by atoms with van der Waals surface area (Å²) < 4.78 is 6.07. The summed E-state index contributed by atoms with van der Waals surface area (Å²) in [5.74, 6) is 2.52. The molecule has 2 fully saturated rings. The SMILES string of the molecule is OCCC/C(=C(\c1ccc(O)cc1)c1ccc(OCCN2CC3CC3[C@H]2CO)cc1)c1ccccc1. The predicted octanol–water partition coefficient (Wildman–Crippen LogP) is 4.82. The van der Waals surface area contributed by atoms with Crippen molar-refractivity contribution in [3.8, 4) is 11.5 Å². The molecular formula is C31H35NO4. The van der Waals surface area contributed by atoms with Gasteiger partial charge >= 0.3 is 0 Å². The van der Waals surface area contributed by atoms with Gasteiger partial charge in [0.25, 0.3) is 0 Å². The fourth-order valence-electron chi connectivity index (χ4n) is 5.62. The summed E-state index contributed by atoms with van der Waals surface area (Å²) in [6.07, 6.45) is 2.67. The highest BCUT2D eigenvalue weighted by molar-refractivity contribution is 5.98. The molecule has 2 unspecified atom stereocenters. The van der Waals surface area contributed by atoms with E-state index in [1.165, 1.54) is 6.42 Å². The van der Waals surface area contributed by atoms with Crippen LogP contribution in [0.3, 0.4) is 0 Å². The smallest absolute Gasteiger partial charge is 0.119 e. The van der Waals surface area contributed by atoms with Crippen molar-refractivity contribution in [1.82, 2.24) is 4.90 Å². The Kier molecular flexibility index (Phi) is 7.71. The Morgan fingerprint density at radius 2 is 1.56 bits per heavy atom. The molecule has 3 N–H and O–H groups in total. The van der Waals surface area contributed by atoms with Gasteiger partial charge in [-0.2, -0.15) is 0 Å². The first-order valence-electron chi connectivity index (χ1n) is 12.9. The first-order valence-corrected chi connectivity index (χ1v) is 12.9. The van der Waals surface area contributed by atoms with Crippen molar-refractivity contribution in [2.24, 2.45) is 11.8 Å². The number of aliphatic hydroxyl groups is 2. The molecule has 1 aliphatic heterocycles. The van der Waals surface area contributed by atoms with Crippen LogP contribution in [0.25, 0.3) is 11.1 Å². The maximum Gasteiger partial charge on any atom is 0.119 e. The minimum absolute atomic E-state index is 0.127. The number of hydrogen-bond acceptors (Lipinski definition) is 5. The molecule has 188 valence electrons. The van der Waals surface area contributed by atoms with Crippen LogP contribution in [-0.4, -0.2) is 59.2 Å². The fourth-order valence-corrected chi connectivity index (χ4v) is 5.62. The average molecular weight is 486 g/mol. The van der Waals surface area contributed by atoms with Gasteiger partial charge in [-0.1, -0.05) is 54.6 Å². The molecule has 0 bridgehead atoms. The Balaban J connectivity index is 1.38. The van der Waals surface area contributed by atoms with E-state index < -0.39 is 0 Å². The lowest BCUT2D eigenvalue weighted by Gasteiger charge is -2.25. The van der Waals surface area contributed by atoms with Gasteiger partial charge in [0.15, 0.2) is 0 Å². The molecule has 5 heteroatoms. The molecule has 5 nitrogen and oxygen atoms in total. The van der Waals surface area contributed by atoms with Crippen LogP contribution in [0.15, 0.2) is 78.9 Å². The lowest BCUT2D eigenvalue weighted by atomic mass is 9.87. The Bertz CT molecular complexity index is 1160. The zero-order valence-corrected chi connectivity index (χ0v) is 20.6. The van der Waals surface area contributed by atoms with Gasteiger partial charge < -0.3 is 20.1 Å². The van der Waals surface area contributed by atoms with Crippen molar-refractivity contribution in [3.63, 3.8) is 0 Å². The van der Waals surface area contributed by atoms with E-state index in [4.69, 9.17) is 4.74 Å². The van der Waals surface area contributed by atoms with Gasteiger partial charge in [0.05, 0.1) is 6.61 Å². The lowest BCUT2D eigenvalue weighted by Crippen LogP contribution is -2.38. The second-order valence-electron chi connectivity index (χ2n) is 9.87. The number of likely N-dealkylation sites (tertiary alicyclic amines) is 1. The number of phenols is 1. The van der Waals surface area contributed by atoms with Gasteiger partial charge in [0, 0.05) is 25.7 Å². The maximum absolute atomic E-state index is 9.87. The van der Waals surface area contributed by atoms with Gasteiger partial charge in [-0.3, -0.25) is 4.90 Å². The number of aliphatic hydroxyl groups excluding tert-OH is 2. The molecule has 0 amide bonds. The van der Waals surface area contributed by atoms with Crippen molar-refractivity contribution < 1.29 is 20.1 Å². The lowest BCUT2D eigenvalue weighted by molar-refractivity contribution is 0.120. The van der Waals surface area contributed by atoms with Gasteiger partial charge in [-0.25, -0.2) is 0 Å². The maximum atomic E-state index is 9.87. The first kappa shape index (κ1) is 24.6. The largest absolute Gasteiger partial charge is 0.508 e. The summed E-state index contributed by atoms with van der Waals surface area (Å²) in [7, 11) is 0. The summed E-state index contributed by atoms with van der Waals surface area (Å²) in [6.45, 7) is 2.87. The molecule has 1 heterocycles. The van der Waals surface area contributed by atoms with Crippen molar-refractivity contribution in [1.29, 1.82) is 0 Å². The van der Waals surface area contributed by atoms with Crippen LogP contribution in [0.2, 0.25) is 0 Å². The van der Waals surface area contributed by atoms with Crippen LogP contribution in [0.5, 0.6) is 11.5 Å². The van der Waals surface area contributed by atoms with E-state index in [-0.39, 0.29) is 19.0 Å². The minimum Gasteiger partial charge on any atom is -0.508 e. The summed E-state index contributed by atoms with van der Waals surface area (Å²) in [6, 6.07) is 26.1. The van der Waals surface area contributed by atoms with E-state index in [1.807, 2.05) is 42.5 Å². The third-order valence-electron chi connectivity index (χ3n) is 7.55. The number of aromatic hydroxyl groups is 1. The minimum atomic E-state index is 0.127. The normalized spacial score (nSPS) is 21.7. The van der Waals surface area contributed by atoms with E-state index in [9.17, 15) is 15.3 Å². The standard InChI is InChI=1S/C31H35NO4/c33-17-4-7-28(22-5-2-1-3-6-22)31(23-8-12-26(35)13-9-23)24-10-14-27(15-11-24)36-18-16-32-20-25-19-29(25)30(32)21-34/h1-3,5-6,8-15,25,29-30,33-35H,4,7,16-21H2/b31-28-/t25?,29?,30-/m1/s1. The third kappa shape index (κ3) is 5.49. The highest BCUT2D eigenvalue weighted by Crippen LogP contribution is 2.49. The second-order valence-corrected chi connectivity index (χ2v) is 9.87. The van der Waals surface area contributed by atoms with Gasteiger partial charge in [-0.05, 0) is 83.2 Å². The molecule has 0 aromatic heterocycles. The van der Waals surface area contributed by atoms with E-state index >= 15 is 0 Å². The number of fused-ring (bicyclic) bond motifs is 1. The number of piperidine rings is 1. The van der Waals surface area contributed by atoms with Crippen LogP contribution < -0.4 is 4.74 Å². The highest BCUT2D eigenvalue weighted by atomic mass is 16.5. The van der Waals surface area contributed by atoms with Gasteiger partial charge in [0.2, 0.25) is 0 Å². The molecule has 3 atom stereocenters. The van der Waals surface area contributed by atoms with Crippen LogP contribution in [0.4, 0.5) is 0 Å². The number of rotatable bonds is 11. The van der Waals surface area contributed by atoms with E-state index in [2.05, 4.69) is 29.2 Å². The van der Waals surface area contributed by atoms with Gasteiger partial charge in [-0.15, -0.1) is 0 Å². The summed E-state index contributed by atoms with van der Waals surface area (Å²) in [5.41, 5.74) is 5.44. The van der Waals surface area contributed by atoms with Gasteiger partial charge in [0.1, 0.15) is 18.1 Å². The molecule has 2 aliphatic rings. The Morgan fingerprint density at radius 1 is 0.861 bits per heavy atom. The fraction of sp³-hybridized carbons (Fsp3) is 0.355. The van der Waals surface area contributed by atoms with Crippen molar-refractivity contribution >= 4 is 11.1 Å². The monoisotopic (exact) mass is 485 g/mol. The Hall–Kier alpha value is -3.12. The molecule has 3 aromatic rings. The third-order valence-corrected chi connectivity index (χ3v) is 7.55. The number of ether oxygens (including phenoxy) is 1. The topological polar surface area (TPSA) is 73.2 Å². The van der Waals surface area contributed by atoms with Crippen LogP contribution in [0.1, 0.15) is 36.0 Å². The summed E-state index contributed by atoms with van der Waals surface area (Å²) >= 11 is 0. The zero-order chi connectivity index (χ0) is 24.9. The molecular weight excluding hydrogens is 450 g/mol. The molecule has 1 saturated carbocycles. The number of hydrogen-bond donors (Lipinski definition) is 3. The van der Waals surface area contributed by atoms with Crippen LogP contribution >= 0.6 is 0 Å². The highest BCUT2D eigenvalue weighted by Gasteiger charge is 2.51. The molecule has 1 saturated heterocycles.